The highest BCUT2D eigenvalue weighted by Crippen LogP contribution is 2.28. The third-order valence-corrected chi connectivity index (χ3v) is 5.67. The average molecular weight is 342 g/mol. The van der Waals surface area contributed by atoms with Crippen LogP contribution in [0.3, 0.4) is 0 Å². The first kappa shape index (κ1) is 18.0. The van der Waals surface area contributed by atoms with Crippen LogP contribution in [0.5, 0.6) is 0 Å². The predicted octanol–water partition coefficient (Wildman–Crippen LogP) is 3.04. The van der Waals surface area contributed by atoms with E-state index in [1.165, 1.54) is 17.5 Å². The summed E-state index contributed by atoms with van der Waals surface area (Å²) in [6, 6.07) is 8.56. The first-order valence-corrected chi connectivity index (χ1v) is 9.81. The lowest BCUT2D eigenvalue weighted by molar-refractivity contribution is -0.138. The summed E-state index contributed by atoms with van der Waals surface area (Å²) in [6.45, 7) is 5.12. The van der Waals surface area contributed by atoms with Crippen LogP contribution in [-0.2, 0) is 22.4 Å². The number of amides is 2. The standard InChI is InChI=1S/C21H30N2O2/c1-2-17-7-9-18(10-8-17)11-12-20(24)22-13-4-14-23(16-15-22)21(25)19-5-3-6-19/h7-10,19H,2-6,11-16H2,1H3. The summed E-state index contributed by atoms with van der Waals surface area (Å²) in [5.74, 6) is 0.794. The third kappa shape index (κ3) is 4.62. The zero-order valence-electron chi connectivity index (χ0n) is 15.4. The Kier molecular flexibility index (Phi) is 6.11. The van der Waals surface area contributed by atoms with Crippen molar-refractivity contribution in [1.82, 2.24) is 9.80 Å². The van der Waals surface area contributed by atoms with Crippen molar-refractivity contribution in [3.8, 4) is 0 Å². The molecule has 2 fully saturated rings. The van der Waals surface area contributed by atoms with Gasteiger partial charge in [-0.2, -0.15) is 0 Å². The van der Waals surface area contributed by atoms with E-state index in [0.29, 0.717) is 25.4 Å². The maximum Gasteiger partial charge on any atom is 0.225 e. The van der Waals surface area contributed by atoms with E-state index in [9.17, 15) is 9.59 Å². The molecule has 1 aromatic carbocycles. The van der Waals surface area contributed by atoms with E-state index in [0.717, 1.165) is 45.2 Å². The Morgan fingerprint density at radius 3 is 2.20 bits per heavy atom. The summed E-state index contributed by atoms with van der Waals surface area (Å²) in [7, 11) is 0. The summed E-state index contributed by atoms with van der Waals surface area (Å²) in [6.07, 6.45) is 6.59. The van der Waals surface area contributed by atoms with Crippen LogP contribution in [0, 0.1) is 5.92 Å². The molecule has 0 spiro atoms. The van der Waals surface area contributed by atoms with Crippen LogP contribution in [0.4, 0.5) is 0 Å². The van der Waals surface area contributed by atoms with Crippen molar-refractivity contribution < 1.29 is 9.59 Å². The van der Waals surface area contributed by atoms with Gasteiger partial charge in [-0.3, -0.25) is 9.59 Å². The van der Waals surface area contributed by atoms with Gasteiger partial charge in [0.15, 0.2) is 0 Å². The Hall–Kier alpha value is -1.84. The summed E-state index contributed by atoms with van der Waals surface area (Å²) < 4.78 is 0. The van der Waals surface area contributed by atoms with E-state index in [-0.39, 0.29) is 11.8 Å². The summed E-state index contributed by atoms with van der Waals surface area (Å²) in [4.78, 5) is 28.9. The smallest absolute Gasteiger partial charge is 0.225 e. The van der Waals surface area contributed by atoms with Gasteiger partial charge in [-0.15, -0.1) is 0 Å². The second kappa shape index (κ2) is 8.50. The van der Waals surface area contributed by atoms with Gasteiger partial charge in [-0.1, -0.05) is 37.6 Å². The number of benzene rings is 1. The molecule has 0 bridgehead atoms. The molecule has 0 aromatic heterocycles. The predicted molar refractivity (Wildman–Crippen MR) is 99.3 cm³/mol. The average Bonchev–Trinajstić information content (AvgIpc) is 2.85. The summed E-state index contributed by atoms with van der Waals surface area (Å²) in [5, 5.41) is 0. The van der Waals surface area contributed by atoms with Gasteiger partial charge >= 0.3 is 0 Å². The molecule has 4 nitrogen and oxygen atoms in total. The molecule has 0 radical (unpaired) electrons. The van der Waals surface area contributed by atoms with Crippen LogP contribution in [-0.4, -0.2) is 47.8 Å². The highest BCUT2D eigenvalue weighted by atomic mass is 16.2. The fourth-order valence-corrected chi connectivity index (χ4v) is 3.65. The number of hydrogen-bond acceptors (Lipinski definition) is 2. The minimum atomic E-state index is 0.220. The number of hydrogen-bond donors (Lipinski definition) is 0. The minimum Gasteiger partial charge on any atom is -0.341 e. The van der Waals surface area contributed by atoms with Gasteiger partial charge in [-0.05, 0) is 43.2 Å². The highest BCUT2D eigenvalue weighted by Gasteiger charge is 2.30. The van der Waals surface area contributed by atoms with Crippen LogP contribution >= 0.6 is 0 Å². The minimum absolute atomic E-state index is 0.220. The van der Waals surface area contributed by atoms with Crippen molar-refractivity contribution >= 4 is 11.8 Å². The Morgan fingerprint density at radius 1 is 0.920 bits per heavy atom. The maximum atomic E-state index is 12.5. The lowest BCUT2D eigenvalue weighted by Gasteiger charge is -2.31. The van der Waals surface area contributed by atoms with Crippen molar-refractivity contribution in [2.24, 2.45) is 5.92 Å². The van der Waals surface area contributed by atoms with E-state index >= 15 is 0 Å². The van der Waals surface area contributed by atoms with Crippen molar-refractivity contribution in [1.29, 1.82) is 0 Å². The van der Waals surface area contributed by atoms with E-state index in [1.807, 2.05) is 9.80 Å². The first-order chi connectivity index (χ1) is 12.2. The van der Waals surface area contributed by atoms with Crippen molar-refractivity contribution in [2.75, 3.05) is 26.2 Å². The molecule has 0 unspecified atom stereocenters. The van der Waals surface area contributed by atoms with Gasteiger partial charge in [0.05, 0.1) is 0 Å². The molecule has 1 saturated carbocycles. The number of carbonyl (C=O) groups is 2. The number of rotatable bonds is 5. The molecule has 1 saturated heterocycles. The molecular weight excluding hydrogens is 312 g/mol. The SMILES string of the molecule is CCc1ccc(CCC(=O)N2CCCN(C(=O)C3CCC3)CC2)cc1. The van der Waals surface area contributed by atoms with E-state index in [4.69, 9.17) is 0 Å². The molecule has 1 aliphatic heterocycles. The Labute approximate surface area is 151 Å². The Balaban J connectivity index is 1.46. The molecule has 3 rings (SSSR count). The maximum absolute atomic E-state index is 12.5. The molecule has 1 heterocycles. The molecule has 1 aliphatic carbocycles. The van der Waals surface area contributed by atoms with Crippen LogP contribution < -0.4 is 0 Å². The summed E-state index contributed by atoms with van der Waals surface area (Å²) >= 11 is 0. The zero-order chi connectivity index (χ0) is 17.6. The van der Waals surface area contributed by atoms with E-state index < -0.39 is 0 Å². The van der Waals surface area contributed by atoms with E-state index in [1.54, 1.807) is 0 Å². The van der Waals surface area contributed by atoms with Gasteiger partial charge in [0.2, 0.25) is 11.8 Å². The van der Waals surface area contributed by atoms with Crippen molar-refractivity contribution in [3.63, 3.8) is 0 Å². The third-order valence-electron chi connectivity index (χ3n) is 5.67. The fourth-order valence-electron chi connectivity index (χ4n) is 3.65. The Morgan fingerprint density at radius 2 is 1.56 bits per heavy atom. The van der Waals surface area contributed by atoms with Crippen LogP contribution in [0.2, 0.25) is 0 Å². The van der Waals surface area contributed by atoms with Crippen molar-refractivity contribution in [3.05, 3.63) is 35.4 Å². The number of nitrogens with zero attached hydrogens (tertiary/aromatic N) is 2. The topological polar surface area (TPSA) is 40.6 Å². The molecule has 25 heavy (non-hydrogen) atoms. The molecular formula is C21H30N2O2. The monoisotopic (exact) mass is 342 g/mol. The first-order valence-electron chi connectivity index (χ1n) is 9.81. The van der Waals surface area contributed by atoms with Gasteiger partial charge in [-0.25, -0.2) is 0 Å². The number of carbonyl (C=O) groups excluding carboxylic acids is 2. The highest BCUT2D eigenvalue weighted by molar-refractivity contribution is 5.80. The second-order valence-corrected chi connectivity index (χ2v) is 7.36. The molecule has 0 atom stereocenters. The van der Waals surface area contributed by atoms with Crippen molar-refractivity contribution in [2.45, 2.75) is 51.9 Å². The number of aryl methyl sites for hydroxylation is 2. The lowest BCUT2D eigenvalue weighted by atomic mass is 9.84. The van der Waals surface area contributed by atoms with Gasteiger partial charge in [0.25, 0.3) is 0 Å². The molecule has 2 aliphatic rings. The molecule has 0 N–H and O–H groups in total. The quantitative estimate of drug-likeness (QED) is 0.825. The van der Waals surface area contributed by atoms with Crippen LogP contribution in [0.15, 0.2) is 24.3 Å². The molecule has 4 heteroatoms. The summed E-state index contributed by atoms with van der Waals surface area (Å²) in [5.41, 5.74) is 2.56. The zero-order valence-corrected chi connectivity index (χ0v) is 15.4. The van der Waals surface area contributed by atoms with Gasteiger partial charge < -0.3 is 9.80 Å². The van der Waals surface area contributed by atoms with Crippen LogP contribution in [0.25, 0.3) is 0 Å². The molecule has 2 amide bonds. The Bertz CT molecular complexity index is 592. The van der Waals surface area contributed by atoms with Gasteiger partial charge in [0, 0.05) is 38.5 Å². The largest absolute Gasteiger partial charge is 0.341 e. The molecule has 136 valence electrons. The molecule has 1 aromatic rings. The fraction of sp³-hybridized carbons (Fsp3) is 0.619. The lowest BCUT2D eigenvalue weighted by Crippen LogP contribution is -2.41. The van der Waals surface area contributed by atoms with Gasteiger partial charge in [0.1, 0.15) is 0 Å². The van der Waals surface area contributed by atoms with Crippen LogP contribution in [0.1, 0.15) is 50.2 Å². The normalized spacial score (nSPS) is 18.6. The van der Waals surface area contributed by atoms with E-state index in [2.05, 4.69) is 31.2 Å². The second-order valence-electron chi connectivity index (χ2n) is 7.36.